The van der Waals surface area contributed by atoms with Crippen LogP contribution in [0.5, 0.6) is 11.5 Å². The van der Waals surface area contributed by atoms with E-state index in [0.29, 0.717) is 11.5 Å². The molecular formula is C23H21N5O3. The average molecular weight is 415 g/mol. The second kappa shape index (κ2) is 8.16. The lowest BCUT2D eigenvalue weighted by Gasteiger charge is -2.13. The minimum Gasteiger partial charge on any atom is -0.497 e. The molecule has 4 aromatic rings. The van der Waals surface area contributed by atoms with Crippen molar-refractivity contribution < 1.29 is 14.2 Å². The van der Waals surface area contributed by atoms with Crippen molar-refractivity contribution in [3.63, 3.8) is 0 Å². The van der Waals surface area contributed by atoms with Gasteiger partial charge in [0.05, 0.1) is 24.3 Å². The Morgan fingerprint density at radius 1 is 1.03 bits per heavy atom. The highest BCUT2D eigenvalue weighted by Gasteiger charge is 2.13. The minimum absolute atomic E-state index is 0.0382. The van der Waals surface area contributed by atoms with Crippen molar-refractivity contribution in [2.24, 2.45) is 0 Å². The van der Waals surface area contributed by atoms with Crippen molar-refractivity contribution in [1.82, 2.24) is 24.8 Å². The molecule has 0 fully saturated rings. The molecular weight excluding hydrogens is 394 g/mol. The lowest BCUT2D eigenvalue weighted by Crippen LogP contribution is -2.35. The Bertz CT molecular complexity index is 1350. The highest BCUT2D eigenvalue weighted by molar-refractivity contribution is 5.61. The van der Waals surface area contributed by atoms with Crippen molar-refractivity contribution in [1.29, 1.82) is 0 Å². The van der Waals surface area contributed by atoms with Crippen molar-refractivity contribution in [3.8, 4) is 22.8 Å². The van der Waals surface area contributed by atoms with Crippen LogP contribution in [-0.2, 0) is 11.3 Å². The monoisotopic (exact) mass is 415 g/mol. The quantitative estimate of drug-likeness (QED) is 0.474. The van der Waals surface area contributed by atoms with Gasteiger partial charge in [-0.25, -0.2) is 0 Å². The third kappa shape index (κ3) is 3.73. The fourth-order valence-electron chi connectivity index (χ4n) is 3.56. The van der Waals surface area contributed by atoms with E-state index in [1.54, 1.807) is 24.9 Å². The van der Waals surface area contributed by atoms with Crippen molar-refractivity contribution in [3.05, 3.63) is 65.1 Å². The van der Waals surface area contributed by atoms with Gasteiger partial charge in [0.2, 0.25) is 0 Å². The van der Waals surface area contributed by atoms with Gasteiger partial charge >= 0.3 is 0 Å². The smallest absolute Gasteiger partial charge is 0.192 e. The van der Waals surface area contributed by atoms with Gasteiger partial charge < -0.3 is 14.2 Å². The van der Waals surface area contributed by atoms with E-state index in [4.69, 9.17) is 19.3 Å². The Balaban J connectivity index is 1.43. The van der Waals surface area contributed by atoms with E-state index in [1.165, 1.54) is 0 Å². The van der Waals surface area contributed by atoms with Crippen molar-refractivity contribution in [2.45, 2.75) is 19.1 Å². The molecule has 156 valence electrons. The Labute approximate surface area is 178 Å². The van der Waals surface area contributed by atoms with Crippen LogP contribution >= 0.6 is 0 Å². The number of nitrogens with zero attached hydrogens (tertiary/aromatic N) is 5. The van der Waals surface area contributed by atoms with Gasteiger partial charge in [-0.15, -0.1) is 10.2 Å². The zero-order valence-electron chi connectivity index (χ0n) is 17.2. The number of hydrogen-bond acceptors (Lipinski definition) is 7. The highest BCUT2D eigenvalue weighted by Crippen LogP contribution is 2.21. The Morgan fingerprint density at radius 3 is 2.71 bits per heavy atom. The van der Waals surface area contributed by atoms with E-state index in [9.17, 15) is 0 Å². The summed E-state index contributed by atoms with van der Waals surface area (Å²) in [4.78, 5) is 4.43. The summed E-state index contributed by atoms with van der Waals surface area (Å²) in [5.74, 6) is 2.17. The first-order valence-corrected chi connectivity index (χ1v) is 9.93. The SMILES string of the molecule is COc1ccc(-c2ccc3nnc(COc4ccnc5c4=CCC(OC)C=5)n3n2)cc1. The zero-order chi connectivity index (χ0) is 21.2. The third-order valence-corrected chi connectivity index (χ3v) is 5.25. The van der Waals surface area contributed by atoms with E-state index < -0.39 is 0 Å². The van der Waals surface area contributed by atoms with Crippen molar-refractivity contribution in [2.75, 3.05) is 14.2 Å². The number of benzene rings is 1. The second-order valence-electron chi connectivity index (χ2n) is 7.11. The van der Waals surface area contributed by atoms with E-state index in [-0.39, 0.29) is 12.7 Å². The maximum Gasteiger partial charge on any atom is 0.192 e. The van der Waals surface area contributed by atoms with Gasteiger partial charge in [-0.05, 0) is 55.0 Å². The van der Waals surface area contributed by atoms with E-state index in [1.807, 2.05) is 48.5 Å². The summed E-state index contributed by atoms with van der Waals surface area (Å²) in [6.45, 7) is 0.234. The summed E-state index contributed by atoms with van der Waals surface area (Å²) in [5.41, 5.74) is 2.45. The molecule has 1 aliphatic carbocycles. The summed E-state index contributed by atoms with van der Waals surface area (Å²) < 4.78 is 18.4. The van der Waals surface area contributed by atoms with Crippen LogP contribution in [0.1, 0.15) is 12.2 Å². The Hall–Kier alpha value is -3.78. The third-order valence-electron chi connectivity index (χ3n) is 5.25. The number of aromatic nitrogens is 5. The first-order chi connectivity index (χ1) is 15.2. The average Bonchev–Trinajstić information content (AvgIpc) is 3.24. The first kappa shape index (κ1) is 19.2. The molecule has 1 aromatic carbocycles. The Morgan fingerprint density at radius 2 is 1.90 bits per heavy atom. The standard InChI is InChI=1S/C23H21N5O3/c1-29-16-5-3-15(4-6-16)19-9-10-22-25-26-23(28(22)27-19)14-31-21-11-12-24-20-13-17(30-2)7-8-18(20)21/h3-6,8-13,17H,7,14H2,1-2H3. The van der Waals surface area contributed by atoms with E-state index in [2.05, 4.69) is 21.3 Å². The van der Waals surface area contributed by atoms with Gasteiger partial charge in [-0.3, -0.25) is 4.98 Å². The molecule has 1 atom stereocenters. The molecule has 0 saturated carbocycles. The van der Waals surface area contributed by atoms with E-state index in [0.717, 1.165) is 39.7 Å². The van der Waals surface area contributed by atoms with Gasteiger partial charge in [0.15, 0.2) is 11.5 Å². The predicted molar refractivity (Wildman–Crippen MR) is 115 cm³/mol. The number of methoxy groups -OCH3 is 2. The molecule has 5 rings (SSSR count). The molecule has 8 heteroatoms. The van der Waals surface area contributed by atoms with Crippen LogP contribution in [0.25, 0.3) is 29.1 Å². The molecule has 0 N–H and O–H groups in total. The molecule has 1 aliphatic rings. The van der Waals surface area contributed by atoms with Gasteiger partial charge in [-0.2, -0.15) is 9.61 Å². The van der Waals surface area contributed by atoms with Crippen LogP contribution in [0.3, 0.4) is 0 Å². The minimum atomic E-state index is 0.0382. The largest absolute Gasteiger partial charge is 0.497 e. The maximum atomic E-state index is 6.09. The van der Waals surface area contributed by atoms with Crippen LogP contribution in [0.15, 0.2) is 48.7 Å². The highest BCUT2D eigenvalue weighted by atomic mass is 16.5. The Kier molecular flexibility index (Phi) is 5.05. The summed E-state index contributed by atoms with van der Waals surface area (Å²) in [6.07, 6.45) is 6.66. The van der Waals surface area contributed by atoms with Gasteiger partial charge in [0, 0.05) is 24.1 Å². The van der Waals surface area contributed by atoms with Crippen LogP contribution < -0.4 is 20.0 Å². The number of ether oxygens (including phenoxy) is 3. The molecule has 0 bridgehead atoms. The summed E-state index contributed by atoms with van der Waals surface area (Å²) in [5, 5.41) is 15.0. The molecule has 3 heterocycles. The van der Waals surface area contributed by atoms with Crippen LogP contribution in [-0.4, -0.2) is 45.1 Å². The molecule has 0 radical (unpaired) electrons. The molecule has 0 amide bonds. The number of pyridine rings is 1. The van der Waals surface area contributed by atoms with Crippen LogP contribution in [0.4, 0.5) is 0 Å². The topological polar surface area (TPSA) is 83.7 Å². The van der Waals surface area contributed by atoms with Gasteiger partial charge in [0.25, 0.3) is 0 Å². The predicted octanol–water partition coefficient (Wildman–Crippen LogP) is 1.75. The molecule has 1 unspecified atom stereocenters. The summed E-state index contributed by atoms with van der Waals surface area (Å²) in [6, 6.07) is 13.4. The maximum absolute atomic E-state index is 6.09. The first-order valence-electron chi connectivity index (χ1n) is 9.93. The summed E-state index contributed by atoms with van der Waals surface area (Å²) in [7, 11) is 3.35. The lowest BCUT2D eigenvalue weighted by molar-refractivity contribution is 0.157. The fraction of sp³-hybridized carbons (Fsp3) is 0.217. The van der Waals surface area contributed by atoms with Crippen LogP contribution in [0, 0.1) is 0 Å². The number of fused-ring (bicyclic) bond motifs is 2. The molecule has 3 aromatic heterocycles. The molecule has 0 aliphatic heterocycles. The van der Waals surface area contributed by atoms with Gasteiger partial charge in [-0.1, -0.05) is 6.08 Å². The zero-order valence-corrected chi connectivity index (χ0v) is 17.2. The second-order valence-corrected chi connectivity index (χ2v) is 7.11. The molecule has 31 heavy (non-hydrogen) atoms. The number of hydrogen-bond donors (Lipinski definition) is 0. The summed E-state index contributed by atoms with van der Waals surface area (Å²) >= 11 is 0. The lowest BCUT2D eigenvalue weighted by atomic mass is 10.1. The normalized spacial score (nSPS) is 15.1. The molecule has 0 spiro atoms. The van der Waals surface area contributed by atoms with Crippen LogP contribution in [0.2, 0.25) is 0 Å². The van der Waals surface area contributed by atoms with Gasteiger partial charge in [0.1, 0.15) is 18.1 Å². The van der Waals surface area contributed by atoms with Crippen molar-refractivity contribution >= 4 is 17.8 Å². The number of rotatable bonds is 6. The fourth-order valence-corrected chi connectivity index (χ4v) is 3.56. The molecule has 8 nitrogen and oxygen atoms in total. The molecule has 0 saturated heterocycles. The van der Waals surface area contributed by atoms with E-state index >= 15 is 0 Å².